The Hall–Kier alpha value is -3.67. The molecule has 0 aliphatic carbocycles. The van der Waals surface area contributed by atoms with Crippen molar-refractivity contribution in [1.29, 1.82) is 0 Å². The van der Waals surface area contributed by atoms with Gasteiger partial charge in [-0.15, -0.1) is 0 Å². The first-order valence-corrected chi connectivity index (χ1v) is 7.45. The smallest absolute Gasteiger partial charge is 0.348 e. The molecule has 0 saturated carbocycles. The van der Waals surface area contributed by atoms with Crippen molar-refractivity contribution in [3.8, 4) is 0 Å². The Bertz CT molecular complexity index is 987. The summed E-state index contributed by atoms with van der Waals surface area (Å²) in [7, 11) is 0. The van der Waals surface area contributed by atoms with Crippen LogP contribution in [0, 0.1) is 0 Å². The number of amides is 1. The number of ether oxygens (including phenoxy) is 1. The van der Waals surface area contributed by atoms with Gasteiger partial charge in [0.05, 0.1) is 16.6 Å². The zero-order valence-corrected chi connectivity index (χ0v) is 13.1. The first-order valence-electron chi connectivity index (χ1n) is 7.45. The van der Waals surface area contributed by atoms with Gasteiger partial charge in [0.2, 0.25) is 0 Å². The Balaban J connectivity index is 1.79. The zero-order chi connectivity index (χ0) is 17.8. The molecule has 0 unspecified atom stereocenters. The summed E-state index contributed by atoms with van der Waals surface area (Å²) in [6.07, 6.45) is 4.15. The third-order valence-electron chi connectivity index (χ3n) is 3.61. The number of H-pyrrole nitrogens is 1. The molecule has 3 aromatic rings. The molecule has 0 atom stereocenters. The molecule has 6 nitrogen and oxygen atoms in total. The number of rotatable bonds is 4. The van der Waals surface area contributed by atoms with Crippen molar-refractivity contribution < 1.29 is 19.1 Å². The predicted molar refractivity (Wildman–Crippen MR) is 92.7 cm³/mol. The number of carbonyl (C=O) groups is 3. The lowest BCUT2D eigenvalue weighted by Gasteiger charge is -2.02. The van der Waals surface area contributed by atoms with Crippen LogP contribution >= 0.6 is 0 Å². The summed E-state index contributed by atoms with van der Waals surface area (Å²) in [6, 6.07) is 13.9. The lowest BCUT2D eigenvalue weighted by molar-refractivity contribution is -0.132. The molecule has 1 amide bonds. The van der Waals surface area contributed by atoms with Crippen molar-refractivity contribution in [2.24, 2.45) is 5.73 Å². The highest BCUT2D eigenvalue weighted by Crippen LogP contribution is 2.22. The molecule has 0 bridgehead atoms. The van der Waals surface area contributed by atoms with Crippen LogP contribution in [0.3, 0.4) is 0 Å². The minimum absolute atomic E-state index is 0.145. The zero-order valence-electron chi connectivity index (χ0n) is 13.1. The molecule has 1 heterocycles. The van der Waals surface area contributed by atoms with Gasteiger partial charge in [0, 0.05) is 17.7 Å². The van der Waals surface area contributed by atoms with Crippen LogP contribution in [-0.4, -0.2) is 22.8 Å². The van der Waals surface area contributed by atoms with Gasteiger partial charge in [-0.1, -0.05) is 42.5 Å². The van der Waals surface area contributed by atoms with E-state index in [1.165, 1.54) is 18.3 Å². The van der Waals surface area contributed by atoms with Crippen LogP contribution in [0.5, 0.6) is 0 Å². The third kappa shape index (κ3) is 3.48. The molecule has 124 valence electrons. The van der Waals surface area contributed by atoms with Crippen LogP contribution in [0.25, 0.3) is 17.0 Å². The van der Waals surface area contributed by atoms with E-state index >= 15 is 0 Å². The van der Waals surface area contributed by atoms with Crippen molar-refractivity contribution >= 4 is 34.8 Å². The van der Waals surface area contributed by atoms with E-state index < -0.39 is 17.8 Å². The fourth-order valence-corrected chi connectivity index (χ4v) is 2.44. The fourth-order valence-electron chi connectivity index (χ4n) is 2.44. The number of nitrogens with two attached hydrogens (primary N) is 1. The van der Waals surface area contributed by atoms with Gasteiger partial charge in [-0.25, -0.2) is 9.59 Å². The van der Waals surface area contributed by atoms with Gasteiger partial charge < -0.3 is 15.5 Å². The Labute approximate surface area is 142 Å². The van der Waals surface area contributed by atoms with Crippen LogP contribution < -0.4 is 5.73 Å². The maximum atomic E-state index is 12.2. The van der Waals surface area contributed by atoms with Crippen molar-refractivity contribution in [1.82, 2.24) is 4.98 Å². The van der Waals surface area contributed by atoms with Crippen LogP contribution in [0.4, 0.5) is 0 Å². The predicted octanol–water partition coefficient (Wildman–Crippen LogP) is 2.66. The van der Waals surface area contributed by atoms with E-state index in [-0.39, 0.29) is 11.1 Å². The van der Waals surface area contributed by atoms with Crippen LogP contribution in [0.2, 0.25) is 0 Å². The molecule has 3 N–H and O–H groups in total. The normalized spacial score (nSPS) is 10.9. The van der Waals surface area contributed by atoms with Gasteiger partial charge in [-0.05, 0) is 17.7 Å². The molecular formula is C19H14N2O4. The molecule has 0 spiro atoms. The lowest BCUT2D eigenvalue weighted by atomic mass is 10.1. The maximum absolute atomic E-state index is 12.2. The van der Waals surface area contributed by atoms with Gasteiger partial charge in [-0.3, -0.25) is 4.79 Å². The highest BCUT2D eigenvalue weighted by molar-refractivity contribution is 6.13. The van der Waals surface area contributed by atoms with Crippen LogP contribution in [-0.2, 0) is 9.53 Å². The average Bonchev–Trinajstić information content (AvgIpc) is 3.05. The summed E-state index contributed by atoms with van der Waals surface area (Å²) in [5, 5.41) is 0.495. The summed E-state index contributed by atoms with van der Waals surface area (Å²) in [6.45, 7) is 0. The number of esters is 2. The molecule has 0 aliphatic rings. The SMILES string of the molecule is NC(=O)c1c[nH]c2c(C(=O)OC(=O)/C=C/c3ccccc3)cccc12. The number of aromatic amines is 1. The van der Waals surface area contributed by atoms with Crippen LogP contribution in [0.1, 0.15) is 26.3 Å². The molecule has 0 fully saturated rings. The standard InChI is InChI=1S/C19H14N2O4/c20-18(23)15-11-21-17-13(15)7-4-8-14(17)19(24)25-16(22)10-9-12-5-2-1-3-6-12/h1-11,21H,(H2,20,23)/b10-9+. The van der Waals surface area contributed by atoms with Crippen molar-refractivity contribution in [3.05, 3.63) is 77.5 Å². The molecule has 0 radical (unpaired) electrons. The van der Waals surface area contributed by atoms with E-state index in [0.717, 1.165) is 5.56 Å². The number of hydrogen-bond acceptors (Lipinski definition) is 4. The summed E-state index contributed by atoms with van der Waals surface area (Å²) in [5.74, 6) is -2.21. The van der Waals surface area contributed by atoms with E-state index in [2.05, 4.69) is 4.98 Å². The molecule has 0 aliphatic heterocycles. The highest BCUT2D eigenvalue weighted by atomic mass is 16.6. The quantitative estimate of drug-likeness (QED) is 0.435. The van der Waals surface area contributed by atoms with Crippen molar-refractivity contribution in [2.45, 2.75) is 0 Å². The second-order valence-electron chi connectivity index (χ2n) is 5.25. The van der Waals surface area contributed by atoms with Gasteiger partial charge in [-0.2, -0.15) is 0 Å². The number of carbonyl (C=O) groups excluding carboxylic acids is 3. The number of benzene rings is 2. The second kappa shape index (κ2) is 6.84. The number of para-hydroxylation sites is 1. The summed E-state index contributed by atoms with van der Waals surface area (Å²) in [4.78, 5) is 38.3. The molecule has 2 aromatic carbocycles. The van der Waals surface area contributed by atoms with Gasteiger partial charge in [0.25, 0.3) is 5.91 Å². The van der Waals surface area contributed by atoms with Gasteiger partial charge in [0.1, 0.15) is 0 Å². The topological polar surface area (TPSA) is 102 Å². The minimum atomic E-state index is -0.814. The van der Waals surface area contributed by atoms with Crippen LogP contribution in [0.15, 0.2) is 60.8 Å². The molecule has 3 rings (SSSR count). The lowest BCUT2D eigenvalue weighted by Crippen LogP contribution is -2.11. The van der Waals surface area contributed by atoms with E-state index in [1.807, 2.05) is 30.3 Å². The monoisotopic (exact) mass is 334 g/mol. The summed E-state index contributed by atoms with van der Waals surface area (Å²) < 4.78 is 4.84. The fraction of sp³-hybridized carbons (Fsp3) is 0. The van der Waals surface area contributed by atoms with E-state index in [9.17, 15) is 14.4 Å². The van der Waals surface area contributed by atoms with E-state index in [0.29, 0.717) is 10.9 Å². The number of fused-ring (bicyclic) bond motifs is 1. The van der Waals surface area contributed by atoms with Gasteiger partial charge in [0.15, 0.2) is 0 Å². The average molecular weight is 334 g/mol. The third-order valence-corrected chi connectivity index (χ3v) is 3.61. The Morgan fingerprint density at radius 1 is 0.960 bits per heavy atom. The first kappa shape index (κ1) is 16.2. The van der Waals surface area contributed by atoms with E-state index in [1.54, 1.807) is 18.2 Å². The van der Waals surface area contributed by atoms with Crippen molar-refractivity contribution in [2.75, 3.05) is 0 Å². The highest BCUT2D eigenvalue weighted by Gasteiger charge is 2.18. The largest absolute Gasteiger partial charge is 0.386 e. The molecule has 1 aromatic heterocycles. The van der Waals surface area contributed by atoms with Gasteiger partial charge >= 0.3 is 11.9 Å². The Morgan fingerprint density at radius 2 is 1.72 bits per heavy atom. The molecular weight excluding hydrogens is 320 g/mol. The Morgan fingerprint density at radius 3 is 2.44 bits per heavy atom. The van der Waals surface area contributed by atoms with E-state index in [4.69, 9.17) is 10.5 Å². The molecule has 25 heavy (non-hydrogen) atoms. The molecule has 0 saturated heterocycles. The summed E-state index contributed by atoms with van der Waals surface area (Å²) >= 11 is 0. The maximum Gasteiger partial charge on any atom is 0.348 e. The number of nitrogens with one attached hydrogen (secondary N) is 1. The number of hydrogen-bond donors (Lipinski definition) is 2. The number of aromatic nitrogens is 1. The summed E-state index contributed by atoms with van der Waals surface area (Å²) in [5.41, 5.74) is 6.90. The Kier molecular flexibility index (Phi) is 4.43. The first-order chi connectivity index (χ1) is 12.1. The van der Waals surface area contributed by atoms with Crippen molar-refractivity contribution in [3.63, 3.8) is 0 Å². The second-order valence-corrected chi connectivity index (χ2v) is 5.25. The number of primary amides is 1. The minimum Gasteiger partial charge on any atom is -0.386 e. The molecule has 6 heteroatoms.